The first-order chi connectivity index (χ1) is 18.3. The standard InChI is InChI=1S/C29H42N4O5/c1-2-3-15-33-27(37)24(18-21-7-5-4-6-8-21)31-28(38)29(33)13-16-32(17-14-29)20-22-9-11-23(12-10-22)26(36)30-19-25(34)35/h9-12,21,24H,2-8,13-20H2,1H3,(H,30,36)(H,31,38)(H,34,35). The van der Waals surface area contributed by atoms with E-state index in [0.29, 0.717) is 50.5 Å². The van der Waals surface area contributed by atoms with Gasteiger partial charge in [0.25, 0.3) is 5.91 Å². The number of benzene rings is 1. The number of carboxylic acids is 1. The molecule has 1 aromatic carbocycles. The molecule has 9 heteroatoms. The average Bonchev–Trinajstić information content (AvgIpc) is 2.92. The topological polar surface area (TPSA) is 119 Å². The molecule has 3 aliphatic rings. The van der Waals surface area contributed by atoms with E-state index in [1.807, 2.05) is 17.0 Å². The molecule has 1 saturated carbocycles. The summed E-state index contributed by atoms with van der Waals surface area (Å²) in [4.78, 5) is 54.3. The molecule has 0 bridgehead atoms. The van der Waals surface area contributed by atoms with Gasteiger partial charge in [0.05, 0.1) is 0 Å². The Morgan fingerprint density at radius 3 is 2.39 bits per heavy atom. The van der Waals surface area contributed by atoms with Gasteiger partial charge < -0.3 is 20.6 Å². The lowest BCUT2D eigenvalue weighted by molar-refractivity contribution is -0.162. The van der Waals surface area contributed by atoms with Crippen LogP contribution in [0.5, 0.6) is 0 Å². The average molecular weight is 527 g/mol. The van der Waals surface area contributed by atoms with E-state index in [1.165, 1.54) is 19.3 Å². The molecule has 9 nitrogen and oxygen atoms in total. The second-order valence-corrected chi connectivity index (χ2v) is 11.2. The molecular formula is C29H42N4O5. The molecular weight excluding hydrogens is 484 g/mol. The number of piperazine rings is 1. The summed E-state index contributed by atoms with van der Waals surface area (Å²) in [5.41, 5.74) is 0.687. The SMILES string of the molecule is CCCCN1C(=O)C(CC2CCCCC2)NC(=O)C12CCN(Cc1ccc(C(=O)NCC(=O)O)cc1)CC2. The third-order valence-corrected chi connectivity index (χ3v) is 8.54. The van der Waals surface area contributed by atoms with Crippen molar-refractivity contribution in [2.24, 2.45) is 5.92 Å². The molecule has 1 atom stereocenters. The van der Waals surface area contributed by atoms with Crippen LogP contribution in [0.25, 0.3) is 0 Å². The van der Waals surface area contributed by atoms with E-state index in [2.05, 4.69) is 22.5 Å². The van der Waals surface area contributed by atoms with Crippen LogP contribution in [0.3, 0.4) is 0 Å². The molecule has 1 aliphatic carbocycles. The number of carbonyl (C=O) groups is 4. The molecule has 3 N–H and O–H groups in total. The summed E-state index contributed by atoms with van der Waals surface area (Å²) in [6, 6.07) is 6.76. The third kappa shape index (κ3) is 6.54. The monoisotopic (exact) mass is 526 g/mol. The molecule has 1 spiro atoms. The van der Waals surface area contributed by atoms with Crippen LogP contribution < -0.4 is 10.6 Å². The van der Waals surface area contributed by atoms with E-state index in [-0.39, 0.29) is 11.8 Å². The maximum atomic E-state index is 13.7. The lowest BCUT2D eigenvalue weighted by Crippen LogP contribution is -2.73. The summed E-state index contributed by atoms with van der Waals surface area (Å²) in [7, 11) is 0. The zero-order chi connectivity index (χ0) is 27.1. The van der Waals surface area contributed by atoms with Gasteiger partial charge in [0, 0.05) is 31.7 Å². The van der Waals surface area contributed by atoms with Crippen LogP contribution in [-0.2, 0) is 20.9 Å². The van der Waals surface area contributed by atoms with Gasteiger partial charge in [-0.3, -0.25) is 24.1 Å². The Morgan fingerprint density at radius 1 is 1.08 bits per heavy atom. The second-order valence-electron chi connectivity index (χ2n) is 11.2. The van der Waals surface area contributed by atoms with Crippen molar-refractivity contribution < 1.29 is 24.3 Å². The van der Waals surface area contributed by atoms with Crippen molar-refractivity contribution in [3.05, 3.63) is 35.4 Å². The fraction of sp³-hybridized carbons (Fsp3) is 0.655. The number of hydrogen-bond donors (Lipinski definition) is 3. The van der Waals surface area contributed by atoms with E-state index < -0.39 is 30.0 Å². The van der Waals surface area contributed by atoms with Crippen molar-refractivity contribution in [3.8, 4) is 0 Å². The molecule has 2 aliphatic heterocycles. The van der Waals surface area contributed by atoms with Crippen molar-refractivity contribution >= 4 is 23.7 Å². The summed E-state index contributed by atoms with van der Waals surface area (Å²) < 4.78 is 0. The number of hydrogen-bond acceptors (Lipinski definition) is 5. The van der Waals surface area contributed by atoms with Crippen LogP contribution >= 0.6 is 0 Å². The molecule has 0 aromatic heterocycles. The smallest absolute Gasteiger partial charge is 0.322 e. The van der Waals surface area contributed by atoms with Crippen LogP contribution in [0, 0.1) is 5.92 Å². The first-order valence-corrected chi connectivity index (χ1v) is 14.3. The minimum Gasteiger partial charge on any atom is -0.480 e. The Balaban J connectivity index is 1.37. The Hall–Kier alpha value is -2.94. The van der Waals surface area contributed by atoms with Crippen molar-refractivity contribution in [3.63, 3.8) is 0 Å². The Labute approximate surface area is 225 Å². The molecule has 1 unspecified atom stereocenters. The number of nitrogens with zero attached hydrogens (tertiary/aromatic N) is 2. The highest BCUT2D eigenvalue weighted by Crippen LogP contribution is 2.36. The van der Waals surface area contributed by atoms with Crippen LogP contribution in [-0.4, -0.2) is 76.4 Å². The van der Waals surface area contributed by atoms with Crippen LogP contribution in [0.1, 0.15) is 87.1 Å². The number of unbranched alkanes of at least 4 members (excludes halogenated alkanes) is 1. The molecule has 3 fully saturated rings. The third-order valence-electron chi connectivity index (χ3n) is 8.54. The summed E-state index contributed by atoms with van der Waals surface area (Å²) in [6.45, 7) is 4.43. The van der Waals surface area contributed by atoms with Gasteiger partial charge in [-0.25, -0.2) is 0 Å². The van der Waals surface area contributed by atoms with Gasteiger partial charge >= 0.3 is 5.97 Å². The van der Waals surface area contributed by atoms with Crippen molar-refractivity contribution in [2.45, 2.75) is 89.3 Å². The Morgan fingerprint density at radius 2 is 1.76 bits per heavy atom. The first-order valence-electron chi connectivity index (χ1n) is 14.3. The van der Waals surface area contributed by atoms with E-state index >= 15 is 0 Å². The number of carbonyl (C=O) groups excluding carboxylic acids is 3. The van der Waals surface area contributed by atoms with Gasteiger partial charge in [0.1, 0.15) is 18.1 Å². The summed E-state index contributed by atoms with van der Waals surface area (Å²) in [6.07, 6.45) is 9.89. The lowest BCUT2D eigenvalue weighted by atomic mass is 9.79. The highest BCUT2D eigenvalue weighted by molar-refractivity contribution is 6.00. The lowest BCUT2D eigenvalue weighted by Gasteiger charge is -2.52. The predicted molar refractivity (Wildman–Crippen MR) is 143 cm³/mol. The molecule has 208 valence electrons. The van der Waals surface area contributed by atoms with Crippen molar-refractivity contribution in [1.29, 1.82) is 0 Å². The maximum absolute atomic E-state index is 13.7. The number of aliphatic carboxylic acids is 1. The zero-order valence-corrected chi connectivity index (χ0v) is 22.5. The molecule has 0 radical (unpaired) electrons. The molecule has 2 saturated heterocycles. The van der Waals surface area contributed by atoms with Crippen molar-refractivity contribution in [1.82, 2.24) is 20.4 Å². The minimum absolute atomic E-state index is 0.0189. The molecule has 4 rings (SSSR count). The fourth-order valence-corrected chi connectivity index (χ4v) is 6.29. The number of likely N-dealkylation sites (tertiary alicyclic amines) is 1. The maximum Gasteiger partial charge on any atom is 0.322 e. The van der Waals surface area contributed by atoms with Gasteiger partial charge in [-0.15, -0.1) is 0 Å². The van der Waals surface area contributed by atoms with Gasteiger partial charge in [-0.1, -0.05) is 57.6 Å². The fourth-order valence-electron chi connectivity index (χ4n) is 6.29. The van der Waals surface area contributed by atoms with Crippen LogP contribution in [0.4, 0.5) is 0 Å². The summed E-state index contributed by atoms with van der Waals surface area (Å²) >= 11 is 0. The normalized spacial score (nSPS) is 22.3. The van der Waals surface area contributed by atoms with Crippen LogP contribution in [0.15, 0.2) is 24.3 Å². The Bertz CT molecular complexity index is 997. The van der Waals surface area contributed by atoms with Gasteiger partial charge in [0.15, 0.2) is 0 Å². The number of nitrogens with one attached hydrogen (secondary N) is 2. The van der Waals surface area contributed by atoms with Gasteiger partial charge in [-0.05, 0) is 49.3 Å². The first kappa shape index (κ1) is 28.1. The van der Waals surface area contributed by atoms with Gasteiger partial charge in [0.2, 0.25) is 11.8 Å². The quantitative estimate of drug-likeness (QED) is 0.431. The number of amides is 3. The highest BCUT2D eigenvalue weighted by atomic mass is 16.4. The largest absolute Gasteiger partial charge is 0.480 e. The predicted octanol–water partition coefficient (Wildman–Crippen LogP) is 2.93. The zero-order valence-electron chi connectivity index (χ0n) is 22.5. The molecule has 38 heavy (non-hydrogen) atoms. The van der Waals surface area contributed by atoms with E-state index in [1.54, 1.807) is 12.1 Å². The van der Waals surface area contributed by atoms with E-state index in [9.17, 15) is 19.2 Å². The molecule has 2 heterocycles. The number of piperidine rings is 1. The number of rotatable bonds is 10. The Kier molecular flexibility index (Phi) is 9.41. The highest BCUT2D eigenvalue weighted by Gasteiger charge is 2.53. The van der Waals surface area contributed by atoms with Crippen molar-refractivity contribution in [2.75, 3.05) is 26.2 Å². The van der Waals surface area contributed by atoms with E-state index in [4.69, 9.17) is 5.11 Å². The molecule has 1 aromatic rings. The van der Waals surface area contributed by atoms with Crippen LogP contribution in [0.2, 0.25) is 0 Å². The minimum atomic E-state index is -1.08. The second kappa shape index (κ2) is 12.7. The summed E-state index contributed by atoms with van der Waals surface area (Å²) in [5.74, 6) is -0.851. The van der Waals surface area contributed by atoms with Gasteiger partial charge in [-0.2, -0.15) is 0 Å². The number of carboxylic acid groups (broad SMARTS) is 1. The van der Waals surface area contributed by atoms with E-state index in [0.717, 1.165) is 37.7 Å². The molecule has 3 amide bonds. The summed E-state index contributed by atoms with van der Waals surface area (Å²) in [5, 5.41) is 14.3.